The van der Waals surface area contributed by atoms with E-state index in [0.29, 0.717) is 17.0 Å². The molecule has 0 bridgehead atoms. The lowest BCUT2D eigenvalue weighted by Crippen LogP contribution is -2.43. The largest absolute Gasteiger partial charge is 0.393 e. The van der Waals surface area contributed by atoms with Crippen LogP contribution in [0.25, 0.3) is 21.8 Å². The molecular formula is C29H40N6O2. The number of hydrogen-bond acceptors (Lipinski definition) is 7. The molecule has 0 amide bonds. The van der Waals surface area contributed by atoms with Crippen LogP contribution in [0.3, 0.4) is 0 Å². The molecule has 2 aliphatic carbocycles. The van der Waals surface area contributed by atoms with Gasteiger partial charge in [0.1, 0.15) is 5.65 Å². The predicted octanol–water partition coefficient (Wildman–Crippen LogP) is 3.77. The van der Waals surface area contributed by atoms with Crippen LogP contribution < -0.4 is 10.9 Å². The minimum Gasteiger partial charge on any atom is -0.393 e. The van der Waals surface area contributed by atoms with Crippen LogP contribution in [0, 0.1) is 5.41 Å². The molecule has 8 nitrogen and oxygen atoms in total. The summed E-state index contributed by atoms with van der Waals surface area (Å²) in [7, 11) is 2.17. The number of anilines is 1. The van der Waals surface area contributed by atoms with Crippen molar-refractivity contribution < 1.29 is 5.11 Å². The lowest BCUT2D eigenvalue weighted by atomic mass is 9.92. The predicted molar refractivity (Wildman–Crippen MR) is 148 cm³/mol. The quantitative estimate of drug-likeness (QED) is 0.474. The van der Waals surface area contributed by atoms with E-state index in [9.17, 15) is 9.90 Å². The van der Waals surface area contributed by atoms with Crippen LogP contribution in [0.15, 0.2) is 29.2 Å². The molecule has 1 aromatic carbocycles. The van der Waals surface area contributed by atoms with Crippen molar-refractivity contribution in [3.8, 4) is 0 Å². The van der Waals surface area contributed by atoms with E-state index in [0.717, 1.165) is 87.5 Å². The van der Waals surface area contributed by atoms with E-state index >= 15 is 0 Å². The van der Waals surface area contributed by atoms with Gasteiger partial charge >= 0.3 is 0 Å². The summed E-state index contributed by atoms with van der Waals surface area (Å²) in [5.41, 5.74) is 2.29. The van der Waals surface area contributed by atoms with Gasteiger partial charge in [-0.05, 0) is 74.4 Å². The maximum Gasteiger partial charge on any atom is 0.260 e. The molecule has 3 aromatic rings. The number of fused-ring (bicyclic) bond motifs is 3. The standard InChI is InChI=1S/C29H40N6O2/c1-3-29(10-11-29)19-31-28-30-17-25-23-9-4-20(18-34-14-12-33(2)13-15-34)16-24(23)27(37)35(26(25)32-28)21-5-7-22(36)8-6-21/h4,9,16-17,21-22,36H,3,5-8,10-15,18-19H2,1-2H3,(H,30,31,32). The second kappa shape index (κ2) is 9.97. The van der Waals surface area contributed by atoms with Crippen molar-refractivity contribution in [2.75, 3.05) is 45.1 Å². The molecule has 0 radical (unpaired) electrons. The first-order chi connectivity index (χ1) is 17.9. The second-order valence-electron chi connectivity index (χ2n) is 11.7. The summed E-state index contributed by atoms with van der Waals surface area (Å²) < 4.78 is 1.92. The Bertz CT molecular complexity index is 1330. The third kappa shape index (κ3) is 4.99. The molecule has 2 saturated carbocycles. The molecule has 198 valence electrons. The number of likely N-dealkylation sites (N-methyl/N-ethyl adjacent to an activating group) is 1. The van der Waals surface area contributed by atoms with Crippen molar-refractivity contribution in [2.24, 2.45) is 5.41 Å². The highest BCUT2D eigenvalue weighted by atomic mass is 16.3. The Labute approximate surface area is 218 Å². The molecule has 3 fully saturated rings. The van der Waals surface area contributed by atoms with Gasteiger partial charge in [-0.2, -0.15) is 4.98 Å². The SMILES string of the molecule is CCC1(CNc2ncc3c4ccc(CN5CCN(C)CC5)cc4c(=O)n(C4CCC(O)CC4)c3n2)CC1. The smallest absolute Gasteiger partial charge is 0.260 e. The van der Waals surface area contributed by atoms with Crippen LogP contribution in [-0.2, 0) is 6.54 Å². The molecule has 0 unspecified atom stereocenters. The van der Waals surface area contributed by atoms with Crippen LogP contribution in [0.4, 0.5) is 5.95 Å². The van der Waals surface area contributed by atoms with Gasteiger partial charge in [-0.3, -0.25) is 14.3 Å². The minimum atomic E-state index is -0.274. The molecule has 0 atom stereocenters. The van der Waals surface area contributed by atoms with Gasteiger partial charge in [-0.25, -0.2) is 4.98 Å². The van der Waals surface area contributed by atoms with E-state index in [1.54, 1.807) is 0 Å². The van der Waals surface area contributed by atoms with Crippen molar-refractivity contribution in [1.29, 1.82) is 0 Å². The number of aliphatic hydroxyl groups is 1. The van der Waals surface area contributed by atoms with E-state index < -0.39 is 0 Å². The van der Waals surface area contributed by atoms with Crippen molar-refractivity contribution >= 4 is 27.8 Å². The fraction of sp³-hybridized carbons (Fsp3) is 0.621. The number of benzene rings is 1. The first-order valence-corrected chi connectivity index (χ1v) is 14.1. The minimum absolute atomic E-state index is 0.0287. The number of nitrogens with zero attached hydrogens (tertiary/aromatic N) is 5. The maximum absolute atomic E-state index is 14.1. The Hall–Kier alpha value is -2.55. The zero-order chi connectivity index (χ0) is 25.6. The van der Waals surface area contributed by atoms with E-state index in [2.05, 4.69) is 52.3 Å². The lowest BCUT2D eigenvalue weighted by Gasteiger charge is -2.32. The van der Waals surface area contributed by atoms with Gasteiger partial charge in [-0.15, -0.1) is 0 Å². The molecule has 3 aliphatic rings. The molecule has 8 heteroatoms. The van der Waals surface area contributed by atoms with Crippen LogP contribution in [0.2, 0.25) is 0 Å². The van der Waals surface area contributed by atoms with E-state index in [1.807, 2.05) is 10.8 Å². The van der Waals surface area contributed by atoms with Crippen LogP contribution in [-0.4, -0.2) is 75.3 Å². The van der Waals surface area contributed by atoms with E-state index in [1.165, 1.54) is 18.4 Å². The average molecular weight is 505 g/mol. The summed E-state index contributed by atoms with van der Waals surface area (Å²) in [6.07, 6.45) is 8.29. The van der Waals surface area contributed by atoms with Gasteiger partial charge in [0.25, 0.3) is 5.56 Å². The van der Waals surface area contributed by atoms with Crippen molar-refractivity contribution in [2.45, 2.75) is 70.6 Å². The molecule has 37 heavy (non-hydrogen) atoms. The summed E-state index contributed by atoms with van der Waals surface area (Å²) in [5.74, 6) is 0.599. The van der Waals surface area contributed by atoms with Crippen LogP contribution >= 0.6 is 0 Å². The van der Waals surface area contributed by atoms with Gasteiger partial charge in [0.15, 0.2) is 0 Å². The monoisotopic (exact) mass is 504 g/mol. The number of aliphatic hydroxyl groups excluding tert-OH is 1. The third-order valence-electron chi connectivity index (χ3n) is 9.18. The molecule has 0 spiro atoms. The summed E-state index contributed by atoms with van der Waals surface area (Å²) in [4.78, 5) is 28.5. The van der Waals surface area contributed by atoms with E-state index in [-0.39, 0.29) is 17.7 Å². The first kappa shape index (κ1) is 24.8. The molecule has 6 rings (SSSR count). The summed E-state index contributed by atoms with van der Waals surface area (Å²) in [6, 6.07) is 6.38. The molecule has 2 aromatic heterocycles. The number of nitrogens with one attached hydrogen (secondary N) is 1. The van der Waals surface area contributed by atoms with Gasteiger partial charge < -0.3 is 15.3 Å². The van der Waals surface area contributed by atoms with Crippen LogP contribution in [0.1, 0.15) is 63.5 Å². The molecule has 1 saturated heterocycles. The number of piperazine rings is 1. The normalized spacial score (nSPS) is 24.5. The first-order valence-electron chi connectivity index (χ1n) is 14.1. The van der Waals surface area contributed by atoms with Gasteiger partial charge in [0.2, 0.25) is 5.95 Å². The van der Waals surface area contributed by atoms with Gasteiger partial charge in [0, 0.05) is 62.3 Å². The zero-order valence-electron chi connectivity index (χ0n) is 22.2. The number of pyridine rings is 1. The molecular weight excluding hydrogens is 464 g/mol. The summed E-state index contributed by atoms with van der Waals surface area (Å²) in [6.45, 7) is 8.22. The lowest BCUT2D eigenvalue weighted by molar-refractivity contribution is 0.111. The van der Waals surface area contributed by atoms with E-state index in [4.69, 9.17) is 4.98 Å². The average Bonchev–Trinajstić information content (AvgIpc) is 3.70. The summed E-state index contributed by atoms with van der Waals surface area (Å²) in [5, 5.41) is 16.2. The molecule has 3 heterocycles. The van der Waals surface area contributed by atoms with Crippen molar-refractivity contribution in [3.05, 3.63) is 40.3 Å². The Morgan fingerprint density at radius 2 is 1.81 bits per heavy atom. The Balaban J connectivity index is 1.40. The highest BCUT2D eigenvalue weighted by Gasteiger charge is 2.40. The number of rotatable bonds is 7. The Kier molecular flexibility index (Phi) is 6.67. The topological polar surface area (TPSA) is 86.5 Å². The summed E-state index contributed by atoms with van der Waals surface area (Å²) >= 11 is 0. The number of hydrogen-bond donors (Lipinski definition) is 2. The van der Waals surface area contributed by atoms with Crippen molar-refractivity contribution in [3.63, 3.8) is 0 Å². The fourth-order valence-corrected chi connectivity index (χ4v) is 6.18. The highest BCUT2D eigenvalue weighted by Crippen LogP contribution is 2.48. The Morgan fingerprint density at radius 1 is 1.05 bits per heavy atom. The third-order valence-corrected chi connectivity index (χ3v) is 9.18. The van der Waals surface area contributed by atoms with Gasteiger partial charge in [-0.1, -0.05) is 19.1 Å². The fourth-order valence-electron chi connectivity index (χ4n) is 6.18. The van der Waals surface area contributed by atoms with Crippen molar-refractivity contribution in [1.82, 2.24) is 24.3 Å². The van der Waals surface area contributed by atoms with Crippen LogP contribution in [0.5, 0.6) is 0 Å². The zero-order valence-corrected chi connectivity index (χ0v) is 22.2. The number of aromatic nitrogens is 3. The highest BCUT2D eigenvalue weighted by molar-refractivity contribution is 6.04. The molecule has 1 aliphatic heterocycles. The Morgan fingerprint density at radius 3 is 2.51 bits per heavy atom. The van der Waals surface area contributed by atoms with Gasteiger partial charge in [0.05, 0.1) is 6.10 Å². The second-order valence-corrected chi connectivity index (χ2v) is 11.7. The maximum atomic E-state index is 14.1. The molecule has 2 N–H and O–H groups in total.